The zero-order chi connectivity index (χ0) is 17.5. The van der Waals surface area contributed by atoms with Crippen molar-refractivity contribution in [3.05, 3.63) is 69.6 Å². The van der Waals surface area contributed by atoms with Gasteiger partial charge in [-0.05, 0) is 42.8 Å². The molecule has 0 radical (unpaired) electrons. The van der Waals surface area contributed by atoms with Gasteiger partial charge in [0.05, 0.1) is 10.7 Å². The van der Waals surface area contributed by atoms with E-state index < -0.39 is 5.97 Å². The van der Waals surface area contributed by atoms with Crippen LogP contribution in [0.15, 0.2) is 53.4 Å². The minimum absolute atomic E-state index is 0.0135. The predicted octanol–water partition coefficient (Wildman–Crippen LogP) is 4.45. The number of carbonyl (C=O) groups excluding carboxylic acids is 1. The molecule has 0 fully saturated rings. The number of carboxylic acid groups (broad SMARTS) is 1. The molecule has 0 bridgehead atoms. The quantitative estimate of drug-likeness (QED) is 0.746. The van der Waals surface area contributed by atoms with Gasteiger partial charge in [0.2, 0.25) is 5.91 Å². The summed E-state index contributed by atoms with van der Waals surface area (Å²) in [5.41, 5.74) is 2.49. The number of carbonyl (C=O) groups is 2. The van der Waals surface area contributed by atoms with Crippen molar-refractivity contribution in [3.63, 3.8) is 0 Å². The summed E-state index contributed by atoms with van der Waals surface area (Å²) in [5, 5.41) is 12.6. The van der Waals surface area contributed by atoms with Crippen LogP contribution >= 0.6 is 23.4 Å². The SMILES string of the molecule is Cc1ccc(NC(=O)CS/C(=C/c2ccc(Cl)cc2)C(=O)O)cc1. The third-order valence-corrected chi connectivity index (χ3v) is 4.33. The van der Waals surface area contributed by atoms with Gasteiger partial charge in [-0.1, -0.05) is 41.4 Å². The number of aryl methyl sites for hydroxylation is 1. The Morgan fingerprint density at radius 1 is 1.12 bits per heavy atom. The van der Waals surface area contributed by atoms with Gasteiger partial charge in [-0.2, -0.15) is 0 Å². The normalized spacial score (nSPS) is 11.2. The zero-order valence-corrected chi connectivity index (χ0v) is 14.5. The van der Waals surface area contributed by atoms with Crippen molar-refractivity contribution in [2.75, 3.05) is 11.1 Å². The molecule has 0 heterocycles. The first-order chi connectivity index (χ1) is 11.4. The fraction of sp³-hybridized carbons (Fsp3) is 0.111. The average molecular weight is 362 g/mol. The van der Waals surface area contributed by atoms with Crippen LogP contribution in [0.1, 0.15) is 11.1 Å². The van der Waals surface area contributed by atoms with Crippen LogP contribution < -0.4 is 5.32 Å². The van der Waals surface area contributed by atoms with Crippen LogP contribution in [0.5, 0.6) is 0 Å². The Morgan fingerprint density at radius 3 is 2.33 bits per heavy atom. The Morgan fingerprint density at radius 2 is 1.75 bits per heavy atom. The molecule has 0 aliphatic rings. The minimum atomic E-state index is -1.07. The van der Waals surface area contributed by atoms with Crippen molar-refractivity contribution in [2.45, 2.75) is 6.92 Å². The molecular formula is C18H16ClNO3S. The third kappa shape index (κ3) is 5.76. The zero-order valence-electron chi connectivity index (χ0n) is 13.0. The summed E-state index contributed by atoms with van der Waals surface area (Å²) in [5.74, 6) is -1.32. The molecule has 6 heteroatoms. The summed E-state index contributed by atoms with van der Waals surface area (Å²) < 4.78 is 0. The van der Waals surface area contributed by atoms with Gasteiger partial charge in [0.1, 0.15) is 0 Å². The number of benzene rings is 2. The molecule has 2 aromatic carbocycles. The van der Waals surface area contributed by atoms with Crippen molar-refractivity contribution < 1.29 is 14.7 Å². The number of hydrogen-bond acceptors (Lipinski definition) is 3. The molecule has 0 saturated heterocycles. The highest BCUT2D eigenvalue weighted by atomic mass is 35.5. The average Bonchev–Trinajstić information content (AvgIpc) is 2.55. The summed E-state index contributed by atoms with van der Waals surface area (Å²) in [6, 6.07) is 14.2. The Balaban J connectivity index is 1.98. The molecule has 124 valence electrons. The number of nitrogens with one attached hydrogen (secondary N) is 1. The van der Waals surface area contributed by atoms with Crippen LogP contribution in [0.3, 0.4) is 0 Å². The fourth-order valence-corrected chi connectivity index (χ4v) is 2.68. The molecule has 4 nitrogen and oxygen atoms in total. The maximum Gasteiger partial charge on any atom is 0.342 e. The van der Waals surface area contributed by atoms with Crippen LogP contribution in [0.2, 0.25) is 5.02 Å². The van der Waals surface area contributed by atoms with Crippen LogP contribution in [0.25, 0.3) is 6.08 Å². The number of amides is 1. The highest BCUT2D eigenvalue weighted by Crippen LogP contribution is 2.21. The highest BCUT2D eigenvalue weighted by molar-refractivity contribution is 8.04. The lowest BCUT2D eigenvalue weighted by atomic mass is 10.2. The number of thioether (sulfide) groups is 1. The van der Waals surface area contributed by atoms with Crippen LogP contribution in [-0.2, 0) is 9.59 Å². The van der Waals surface area contributed by atoms with E-state index in [4.69, 9.17) is 11.6 Å². The monoisotopic (exact) mass is 361 g/mol. The maximum atomic E-state index is 12.0. The van der Waals surface area contributed by atoms with E-state index in [1.807, 2.05) is 19.1 Å². The molecule has 2 rings (SSSR count). The molecule has 1 amide bonds. The van der Waals surface area contributed by atoms with Crippen molar-refractivity contribution >= 4 is 47.0 Å². The van der Waals surface area contributed by atoms with Crippen LogP contribution in [0, 0.1) is 6.92 Å². The van der Waals surface area contributed by atoms with E-state index >= 15 is 0 Å². The standard InChI is InChI=1S/C18H16ClNO3S/c1-12-2-8-15(9-3-12)20-17(21)11-24-16(18(22)23)10-13-4-6-14(19)7-5-13/h2-10H,11H2,1H3,(H,20,21)(H,22,23)/b16-10+. The number of aliphatic carboxylic acids is 1. The van der Waals surface area contributed by atoms with Gasteiger partial charge in [0.15, 0.2) is 0 Å². The van der Waals surface area contributed by atoms with E-state index in [1.54, 1.807) is 36.4 Å². The minimum Gasteiger partial charge on any atom is -0.477 e. The number of halogens is 1. The molecule has 0 unspecified atom stereocenters. The van der Waals surface area contributed by atoms with Crippen molar-refractivity contribution in [1.82, 2.24) is 0 Å². The van der Waals surface area contributed by atoms with E-state index in [-0.39, 0.29) is 16.6 Å². The lowest BCUT2D eigenvalue weighted by Crippen LogP contribution is -2.15. The van der Waals surface area contributed by atoms with Crippen molar-refractivity contribution in [3.8, 4) is 0 Å². The smallest absolute Gasteiger partial charge is 0.342 e. The summed E-state index contributed by atoms with van der Waals surface area (Å²) in [4.78, 5) is 23.4. The van der Waals surface area contributed by atoms with Gasteiger partial charge in [-0.25, -0.2) is 4.79 Å². The first-order valence-electron chi connectivity index (χ1n) is 7.14. The second-order valence-corrected chi connectivity index (χ2v) is 6.52. The van der Waals surface area contributed by atoms with Crippen LogP contribution in [-0.4, -0.2) is 22.7 Å². The lowest BCUT2D eigenvalue weighted by Gasteiger charge is -2.06. The molecule has 0 aliphatic carbocycles. The Kier molecular flexibility index (Phi) is 6.46. The third-order valence-electron chi connectivity index (χ3n) is 3.07. The molecule has 0 spiro atoms. The maximum absolute atomic E-state index is 12.0. The Hall–Kier alpha value is -2.24. The number of hydrogen-bond donors (Lipinski definition) is 2. The van der Waals surface area contributed by atoms with Gasteiger partial charge >= 0.3 is 5.97 Å². The Bertz CT molecular complexity index is 755. The van der Waals surface area contributed by atoms with Gasteiger partial charge < -0.3 is 10.4 Å². The number of carboxylic acids is 1. The fourth-order valence-electron chi connectivity index (χ4n) is 1.85. The predicted molar refractivity (Wildman–Crippen MR) is 99.3 cm³/mol. The van der Waals surface area contributed by atoms with Gasteiger partial charge in [0, 0.05) is 10.7 Å². The second-order valence-electron chi connectivity index (χ2n) is 5.07. The molecule has 0 atom stereocenters. The number of rotatable bonds is 6. The topological polar surface area (TPSA) is 66.4 Å². The molecule has 2 N–H and O–H groups in total. The van der Waals surface area contributed by atoms with Gasteiger partial charge in [-0.15, -0.1) is 11.8 Å². The summed E-state index contributed by atoms with van der Waals surface area (Å²) >= 11 is 6.78. The van der Waals surface area contributed by atoms with E-state index in [2.05, 4.69) is 5.32 Å². The van der Waals surface area contributed by atoms with E-state index in [0.717, 1.165) is 17.3 Å². The number of anilines is 1. The van der Waals surface area contributed by atoms with Gasteiger partial charge in [0.25, 0.3) is 0 Å². The second kappa shape index (κ2) is 8.57. The first kappa shape index (κ1) is 18.1. The first-order valence-corrected chi connectivity index (χ1v) is 8.50. The molecule has 0 saturated carbocycles. The van der Waals surface area contributed by atoms with Gasteiger partial charge in [-0.3, -0.25) is 4.79 Å². The van der Waals surface area contributed by atoms with E-state index in [1.165, 1.54) is 6.08 Å². The van der Waals surface area contributed by atoms with Crippen molar-refractivity contribution in [1.29, 1.82) is 0 Å². The molecule has 24 heavy (non-hydrogen) atoms. The molecule has 0 aliphatic heterocycles. The Labute approximate surface area is 149 Å². The lowest BCUT2D eigenvalue weighted by molar-refractivity contribution is -0.131. The summed E-state index contributed by atoms with van der Waals surface area (Å²) in [6.45, 7) is 1.96. The highest BCUT2D eigenvalue weighted by Gasteiger charge is 2.11. The molecular weight excluding hydrogens is 346 g/mol. The summed E-state index contributed by atoms with van der Waals surface area (Å²) in [6.07, 6.45) is 1.52. The molecule has 0 aromatic heterocycles. The van der Waals surface area contributed by atoms with E-state index in [9.17, 15) is 14.7 Å². The molecule has 2 aromatic rings. The largest absolute Gasteiger partial charge is 0.477 e. The van der Waals surface area contributed by atoms with E-state index in [0.29, 0.717) is 16.3 Å². The van der Waals surface area contributed by atoms with Crippen molar-refractivity contribution in [2.24, 2.45) is 0 Å². The summed E-state index contributed by atoms with van der Waals surface area (Å²) in [7, 11) is 0. The van der Waals surface area contributed by atoms with Crippen LogP contribution in [0.4, 0.5) is 5.69 Å².